The SMILES string of the molecule is CN1CCN(c2ccc(CNC(=O)[C@@H]3CCCN(S(=O)(=O)c4ccccc4)C3)cc2)CC1. The first-order chi connectivity index (χ1) is 15.4. The second-order valence-corrected chi connectivity index (χ2v) is 10.6. The van der Waals surface area contributed by atoms with Gasteiger partial charge in [0, 0.05) is 51.5 Å². The van der Waals surface area contributed by atoms with Crippen LogP contribution in [0.4, 0.5) is 5.69 Å². The lowest BCUT2D eigenvalue weighted by Crippen LogP contribution is -2.45. The number of carbonyl (C=O) groups excluding carboxylic acids is 1. The average Bonchev–Trinajstić information content (AvgIpc) is 2.84. The Morgan fingerprint density at radius 1 is 0.969 bits per heavy atom. The standard InChI is InChI=1S/C24H32N4O3S/c1-26-14-16-27(17-15-26)22-11-9-20(10-12-22)18-25-24(29)21-6-5-13-28(19-21)32(30,31)23-7-3-2-4-8-23/h2-4,7-12,21H,5-6,13-19H2,1H3,(H,25,29)/t21-/m1/s1. The second kappa shape index (κ2) is 10.0. The summed E-state index contributed by atoms with van der Waals surface area (Å²) in [6, 6.07) is 16.8. The van der Waals surface area contributed by atoms with Crippen molar-refractivity contribution in [3.05, 3.63) is 60.2 Å². The van der Waals surface area contributed by atoms with Gasteiger partial charge in [-0.1, -0.05) is 30.3 Å². The summed E-state index contributed by atoms with van der Waals surface area (Å²) in [6.07, 6.45) is 1.39. The van der Waals surface area contributed by atoms with E-state index in [4.69, 9.17) is 0 Å². The molecule has 0 radical (unpaired) electrons. The van der Waals surface area contributed by atoms with Crippen LogP contribution >= 0.6 is 0 Å². The molecule has 2 aromatic carbocycles. The Hall–Kier alpha value is -2.42. The fourth-order valence-electron chi connectivity index (χ4n) is 4.34. The molecule has 1 N–H and O–H groups in total. The first-order valence-corrected chi connectivity index (χ1v) is 12.7. The Bertz CT molecular complexity index is 1000. The molecule has 2 aromatic rings. The van der Waals surface area contributed by atoms with Crippen LogP contribution in [0.25, 0.3) is 0 Å². The van der Waals surface area contributed by atoms with Crippen LogP contribution in [-0.2, 0) is 21.4 Å². The van der Waals surface area contributed by atoms with Gasteiger partial charge in [0.25, 0.3) is 0 Å². The highest BCUT2D eigenvalue weighted by molar-refractivity contribution is 7.89. The maximum atomic E-state index is 12.9. The summed E-state index contributed by atoms with van der Waals surface area (Å²) in [5.74, 6) is -0.409. The van der Waals surface area contributed by atoms with Crippen LogP contribution in [0.3, 0.4) is 0 Å². The highest BCUT2D eigenvalue weighted by atomic mass is 32.2. The number of rotatable bonds is 6. The molecule has 8 heteroatoms. The van der Waals surface area contributed by atoms with Crippen LogP contribution in [0.1, 0.15) is 18.4 Å². The molecule has 0 spiro atoms. The van der Waals surface area contributed by atoms with Gasteiger partial charge < -0.3 is 15.1 Å². The van der Waals surface area contributed by atoms with Gasteiger partial charge in [-0.2, -0.15) is 4.31 Å². The number of piperazine rings is 1. The summed E-state index contributed by atoms with van der Waals surface area (Å²) in [4.78, 5) is 17.8. The minimum absolute atomic E-state index is 0.0823. The van der Waals surface area contributed by atoms with Crippen molar-refractivity contribution in [2.75, 3.05) is 51.2 Å². The average molecular weight is 457 g/mol. The highest BCUT2D eigenvalue weighted by Crippen LogP contribution is 2.24. The maximum absolute atomic E-state index is 12.9. The molecule has 2 heterocycles. The number of nitrogens with zero attached hydrogens (tertiary/aromatic N) is 3. The minimum Gasteiger partial charge on any atom is -0.369 e. The summed E-state index contributed by atoms with van der Waals surface area (Å²) in [7, 11) is -1.42. The first-order valence-electron chi connectivity index (χ1n) is 11.3. The zero-order valence-corrected chi connectivity index (χ0v) is 19.4. The Kier molecular flexibility index (Phi) is 7.13. The van der Waals surface area contributed by atoms with Gasteiger partial charge in [0.05, 0.1) is 10.8 Å². The molecule has 2 aliphatic heterocycles. The van der Waals surface area contributed by atoms with E-state index in [0.29, 0.717) is 25.9 Å². The third-order valence-electron chi connectivity index (χ3n) is 6.41. The summed E-state index contributed by atoms with van der Waals surface area (Å²) in [5.41, 5.74) is 2.25. The molecular weight excluding hydrogens is 424 g/mol. The zero-order chi connectivity index (χ0) is 22.6. The van der Waals surface area contributed by atoms with E-state index in [1.807, 2.05) is 0 Å². The Morgan fingerprint density at radius 3 is 2.34 bits per heavy atom. The number of hydrogen-bond acceptors (Lipinski definition) is 5. The Morgan fingerprint density at radius 2 is 1.66 bits per heavy atom. The van der Waals surface area contributed by atoms with Crippen LogP contribution in [0.5, 0.6) is 0 Å². The van der Waals surface area contributed by atoms with Crippen molar-refractivity contribution < 1.29 is 13.2 Å². The normalized spacial score (nSPS) is 20.8. The van der Waals surface area contributed by atoms with Gasteiger partial charge in [-0.05, 0) is 49.7 Å². The molecule has 0 aromatic heterocycles. The number of hydrogen-bond donors (Lipinski definition) is 1. The van der Waals surface area contributed by atoms with Gasteiger partial charge >= 0.3 is 0 Å². The molecule has 0 unspecified atom stereocenters. The molecule has 2 saturated heterocycles. The Labute approximate surface area is 191 Å². The summed E-state index contributed by atoms with van der Waals surface area (Å²) >= 11 is 0. The zero-order valence-electron chi connectivity index (χ0n) is 18.6. The number of likely N-dealkylation sites (N-methyl/N-ethyl adjacent to an activating group) is 1. The summed E-state index contributed by atoms with van der Waals surface area (Å²) in [6.45, 7) is 5.31. The fourth-order valence-corrected chi connectivity index (χ4v) is 5.88. The first kappa shape index (κ1) is 22.8. The molecule has 172 valence electrons. The summed E-state index contributed by atoms with van der Waals surface area (Å²) < 4.78 is 27.3. The van der Waals surface area contributed by atoms with Gasteiger partial charge in [-0.25, -0.2) is 8.42 Å². The van der Waals surface area contributed by atoms with Crippen LogP contribution < -0.4 is 10.2 Å². The van der Waals surface area contributed by atoms with Crippen molar-refractivity contribution in [2.45, 2.75) is 24.3 Å². The predicted molar refractivity (Wildman–Crippen MR) is 126 cm³/mol. The molecule has 4 rings (SSSR count). The van der Waals surface area contributed by atoms with Gasteiger partial charge in [0.1, 0.15) is 0 Å². The monoisotopic (exact) mass is 456 g/mol. The van der Waals surface area contributed by atoms with Crippen molar-refractivity contribution in [3.8, 4) is 0 Å². The van der Waals surface area contributed by atoms with Crippen LogP contribution in [0.2, 0.25) is 0 Å². The third-order valence-corrected chi connectivity index (χ3v) is 8.29. The lowest BCUT2D eigenvalue weighted by Gasteiger charge is -2.34. The van der Waals surface area contributed by atoms with Crippen molar-refractivity contribution in [3.63, 3.8) is 0 Å². The Balaban J connectivity index is 1.31. The predicted octanol–water partition coefficient (Wildman–Crippen LogP) is 2.16. The third kappa shape index (κ3) is 5.31. The van der Waals surface area contributed by atoms with Crippen LogP contribution in [0, 0.1) is 5.92 Å². The van der Waals surface area contributed by atoms with E-state index in [9.17, 15) is 13.2 Å². The van der Waals surface area contributed by atoms with Crippen LogP contribution in [-0.4, -0.2) is 69.8 Å². The smallest absolute Gasteiger partial charge is 0.243 e. The van der Waals surface area contributed by atoms with Gasteiger partial charge in [0.2, 0.25) is 15.9 Å². The van der Waals surface area contributed by atoms with Crippen LogP contribution in [0.15, 0.2) is 59.5 Å². The summed E-state index contributed by atoms with van der Waals surface area (Å²) in [5, 5.41) is 3.00. The van der Waals surface area contributed by atoms with Crippen molar-refractivity contribution >= 4 is 21.6 Å². The largest absolute Gasteiger partial charge is 0.369 e. The number of piperidine rings is 1. The quantitative estimate of drug-likeness (QED) is 0.721. The van der Waals surface area contributed by atoms with Crippen molar-refractivity contribution in [2.24, 2.45) is 5.92 Å². The topological polar surface area (TPSA) is 73.0 Å². The van der Waals surface area contributed by atoms with E-state index in [2.05, 4.69) is 46.4 Å². The second-order valence-electron chi connectivity index (χ2n) is 8.69. The van der Waals surface area contributed by atoms with Gasteiger partial charge in [-0.15, -0.1) is 0 Å². The fraction of sp³-hybridized carbons (Fsp3) is 0.458. The number of sulfonamides is 1. The minimum atomic E-state index is -3.57. The molecule has 1 atom stereocenters. The van der Waals surface area contributed by atoms with Gasteiger partial charge in [-0.3, -0.25) is 4.79 Å². The maximum Gasteiger partial charge on any atom is 0.243 e. The molecule has 7 nitrogen and oxygen atoms in total. The number of amides is 1. The van der Waals surface area contributed by atoms with E-state index in [1.54, 1.807) is 30.3 Å². The lowest BCUT2D eigenvalue weighted by atomic mass is 9.98. The highest BCUT2D eigenvalue weighted by Gasteiger charge is 2.33. The molecule has 1 amide bonds. The van der Waals surface area contributed by atoms with E-state index in [1.165, 1.54) is 9.99 Å². The number of carbonyl (C=O) groups is 1. The molecule has 2 aliphatic rings. The lowest BCUT2D eigenvalue weighted by molar-refractivity contribution is -0.126. The molecule has 0 saturated carbocycles. The number of nitrogens with one attached hydrogen (secondary N) is 1. The van der Waals surface area contributed by atoms with Gasteiger partial charge in [0.15, 0.2) is 0 Å². The molecular formula is C24H32N4O3S. The molecule has 32 heavy (non-hydrogen) atoms. The van der Waals surface area contributed by atoms with E-state index < -0.39 is 10.0 Å². The van der Waals surface area contributed by atoms with E-state index in [-0.39, 0.29) is 23.3 Å². The molecule has 2 fully saturated rings. The number of anilines is 1. The number of benzene rings is 2. The van der Waals surface area contributed by atoms with Crippen molar-refractivity contribution in [1.29, 1.82) is 0 Å². The van der Waals surface area contributed by atoms with E-state index in [0.717, 1.165) is 31.7 Å². The molecule has 0 aliphatic carbocycles. The van der Waals surface area contributed by atoms with Crippen molar-refractivity contribution in [1.82, 2.24) is 14.5 Å². The van der Waals surface area contributed by atoms with E-state index >= 15 is 0 Å². The molecule has 0 bridgehead atoms.